The summed E-state index contributed by atoms with van der Waals surface area (Å²) in [7, 11) is 1.35. The SMILES string of the molecule is COC(=O)CCCCCCCCO[C@H]1O[C@H](CO)[C@@H](O)[C@H](O)[C@H]1O[C@H]1O[C@H](COF)[C@@H](O)[C@H](O)[C@H]1O. The van der Waals surface area contributed by atoms with E-state index in [0.29, 0.717) is 12.8 Å². The number of esters is 1. The Labute approximate surface area is 208 Å². The Morgan fingerprint density at radius 1 is 0.806 bits per heavy atom. The van der Waals surface area contributed by atoms with Gasteiger partial charge in [0.1, 0.15) is 55.4 Å². The lowest BCUT2D eigenvalue weighted by atomic mass is 9.97. The Balaban J connectivity index is 1.88. The van der Waals surface area contributed by atoms with Crippen LogP contribution in [0, 0.1) is 0 Å². The maximum Gasteiger partial charge on any atom is 0.305 e. The maximum atomic E-state index is 12.3. The lowest BCUT2D eigenvalue weighted by Crippen LogP contribution is -2.64. The van der Waals surface area contributed by atoms with Crippen molar-refractivity contribution in [3.05, 3.63) is 0 Å². The third-order valence-corrected chi connectivity index (χ3v) is 6.30. The minimum absolute atomic E-state index is 0.182. The average molecular weight is 531 g/mol. The first-order valence-electron chi connectivity index (χ1n) is 12.1. The van der Waals surface area contributed by atoms with Crippen LogP contribution < -0.4 is 0 Å². The highest BCUT2D eigenvalue weighted by Crippen LogP contribution is 2.30. The van der Waals surface area contributed by atoms with Crippen LogP contribution in [0.5, 0.6) is 0 Å². The van der Waals surface area contributed by atoms with Crippen molar-refractivity contribution < 1.29 is 68.6 Å². The van der Waals surface area contributed by atoms with Gasteiger partial charge >= 0.3 is 5.97 Å². The Morgan fingerprint density at radius 3 is 2.06 bits per heavy atom. The summed E-state index contributed by atoms with van der Waals surface area (Å²) in [5.74, 6) is -0.232. The van der Waals surface area contributed by atoms with Gasteiger partial charge in [0, 0.05) is 13.0 Å². The van der Waals surface area contributed by atoms with Crippen LogP contribution in [-0.2, 0) is 33.4 Å². The van der Waals surface area contributed by atoms with Crippen molar-refractivity contribution in [3.8, 4) is 0 Å². The molecule has 36 heavy (non-hydrogen) atoms. The Morgan fingerprint density at radius 2 is 1.42 bits per heavy atom. The highest BCUT2D eigenvalue weighted by molar-refractivity contribution is 5.68. The lowest BCUT2D eigenvalue weighted by molar-refractivity contribution is -0.371. The molecule has 0 aliphatic carbocycles. The molecular formula is C22H39FO13. The smallest absolute Gasteiger partial charge is 0.305 e. The van der Waals surface area contributed by atoms with Crippen molar-refractivity contribution in [2.45, 2.75) is 106 Å². The molecule has 0 amide bonds. The fourth-order valence-corrected chi connectivity index (χ4v) is 4.10. The first-order valence-corrected chi connectivity index (χ1v) is 12.1. The molecule has 2 aliphatic heterocycles. The van der Waals surface area contributed by atoms with Crippen LogP contribution in [0.3, 0.4) is 0 Å². The zero-order valence-electron chi connectivity index (χ0n) is 20.3. The van der Waals surface area contributed by atoms with Gasteiger partial charge in [0.15, 0.2) is 12.6 Å². The molecule has 0 bridgehead atoms. The number of ether oxygens (including phenoxy) is 5. The van der Waals surface area contributed by atoms with E-state index in [-0.39, 0.29) is 12.6 Å². The number of aliphatic hydroxyl groups is 6. The quantitative estimate of drug-likeness (QED) is 0.105. The summed E-state index contributed by atoms with van der Waals surface area (Å²) in [6.45, 7) is -1.19. The summed E-state index contributed by atoms with van der Waals surface area (Å²) in [6.07, 6.45) is -10.0. The summed E-state index contributed by atoms with van der Waals surface area (Å²) in [4.78, 5) is 14.6. The van der Waals surface area contributed by atoms with E-state index in [2.05, 4.69) is 9.68 Å². The summed E-state index contributed by atoms with van der Waals surface area (Å²) in [5.41, 5.74) is 0. The second kappa shape index (κ2) is 16.0. The van der Waals surface area contributed by atoms with Gasteiger partial charge in [-0.05, 0) is 17.4 Å². The Bertz CT molecular complexity index is 629. The Kier molecular flexibility index (Phi) is 13.9. The third-order valence-electron chi connectivity index (χ3n) is 6.30. The van der Waals surface area contributed by atoms with Crippen LogP contribution in [0.15, 0.2) is 0 Å². The fourth-order valence-electron chi connectivity index (χ4n) is 4.10. The number of methoxy groups -OCH3 is 1. The van der Waals surface area contributed by atoms with Crippen molar-refractivity contribution in [2.75, 3.05) is 26.9 Å². The first-order chi connectivity index (χ1) is 17.2. The van der Waals surface area contributed by atoms with E-state index in [1.165, 1.54) is 7.11 Å². The molecule has 6 N–H and O–H groups in total. The topological polar surface area (TPSA) is 194 Å². The molecule has 2 heterocycles. The van der Waals surface area contributed by atoms with Crippen LogP contribution in [0.1, 0.15) is 44.9 Å². The molecule has 10 atom stereocenters. The van der Waals surface area contributed by atoms with Crippen molar-refractivity contribution in [3.63, 3.8) is 0 Å². The molecule has 0 radical (unpaired) electrons. The molecule has 2 aliphatic rings. The van der Waals surface area contributed by atoms with Crippen molar-refractivity contribution in [2.24, 2.45) is 0 Å². The number of hydrogen-bond acceptors (Lipinski definition) is 13. The van der Waals surface area contributed by atoms with Crippen molar-refractivity contribution in [1.29, 1.82) is 0 Å². The van der Waals surface area contributed by atoms with Crippen LogP contribution in [0.25, 0.3) is 0 Å². The molecule has 2 rings (SSSR count). The number of carbonyl (C=O) groups is 1. The number of hydrogen-bond donors (Lipinski definition) is 6. The predicted octanol–water partition coefficient (Wildman–Crippen LogP) is -1.56. The van der Waals surface area contributed by atoms with Crippen LogP contribution >= 0.6 is 0 Å². The van der Waals surface area contributed by atoms with Crippen molar-refractivity contribution in [1.82, 2.24) is 0 Å². The summed E-state index contributed by atoms with van der Waals surface area (Å²) < 4.78 is 39.0. The molecule has 13 nitrogen and oxygen atoms in total. The number of aliphatic hydroxyl groups excluding tert-OH is 6. The number of carbonyl (C=O) groups excluding carboxylic acids is 1. The van der Waals surface area contributed by atoms with Crippen LogP contribution in [0.4, 0.5) is 4.53 Å². The molecule has 0 unspecified atom stereocenters. The van der Waals surface area contributed by atoms with E-state index in [0.717, 1.165) is 32.1 Å². The van der Waals surface area contributed by atoms with E-state index < -0.39 is 74.6 Å². The Hall–Kier alpha value is -1.04. The second-order valence-electron chi connectivity index (χ2n) is 8.92. The van der Waals surface area contributed by atoms with Gasteiger partial charge in [-0.3, -0.25) is 4.79 Å². The molecule has 0 aromatic rings. The lowest BCUT2D eigenvalue weighted by Gasteiger charge is -2.45. The number of unbranched alkanes of at least 4 members (excludes halogenated alkanes) is 5. The average Bonchev–Trinajstić information content (AvgIpc) is 2.87. The zero-order chi connectivity index (χ0) is 26.7. The van der Waals surface area contributed by atoms with Gasteiger partial charge in [-0.25, -0.2) is 0 Å². The minimum Gasteiger partial charge on any atom is -0.469 e. The molecule has 14 heteroatoms. The molecule has 0 saturated carbocycles. The summed E-state index contributed by atoms with van der Waals surface area (Å²) in [6, 6.07) is 0. The van der Waals surface area contributed by atoms with Gasteiger partial charge in [-0.1, -0.05) is 25.7 Å². The van der Waals surface area contributed by atoms with Gasteiger partial charge < -0.3 is 54.3 Å². The van der Waals surface area contributed by atoms with Gasteiger partial charge in [-0.2, -0.15) is 4.94 Å². The van der Waals surface area contributed by atoms with Gasteiger partial charge in [-0.15, -0.1) is 0 Å². The molecule has 0 aromatic carbocycles. The van der Waals surface area contributed by atoms with Crippen molar-refractivity contribution >= 4 is 5.97 Å². The van der Waals surface area contributed by atoms with Gasteiger partial charge in [0.2, 0.25) is 0 Å². The number of halogens is 1. The monoisotopic (exact) mass is 530 g/mol. The molecule has 0 spiro atoms. The summed E-state index contributed by atoms with van der Waals surface area (Å²) in [5, 5.41) is 60.5. The largest absolute Gasteiger partial charge is 0.469 e. The predicted molar refractivity (Wildman–Crippen MR) is 117 cm³/mol. The summed E-state index contributed by atoms with van der Waals surface area (Å²) >= 11 is 0. The fraction of sp³-hybridized carbons (Fsp3) is 0.955. The van der Waals surface area contributed by atoms with Crippen LogP contribution in [0.2, 0.25) is 0 Å². The first kappa shape index (κ1) is 31.2. The second-order valence-corrected chi connectivity index (χ2v) is 8.92. The van der Waals surface area contributed by atoms with E-state index in [1.807, 2.05) is 0 Å². The molecule has 0 aromatic heterocycles. The van der Waals surface area contributed by atoms with E-state index in [9.17, 15) is 40.0 Å². The molecule has 2 fully saturated rings. The standard InChI is InChI=1S/C22H39FO13/c1-31-14(25)8-6-4-2-3-5-7-9-32-22-20(18(29)15(26)12(10-24)34-22)36-21-19(30)17(28)16(27)13(35-21)11-33-23/h12-13,15-22,24,26-30H,2-11H2,1H3/t12-,13-,15-,16-,17+,18+,19-,20-,21-,22+/m1/s1. The highest BCUT2D eigenvalue weighted by atomic mass is 19.3. The number of rotatable bonds is 15. The molecule has 212 valence electrons. The molecule has 2 saturated heterocycles. The molecular weight excluding hydrogens is 491 g/mol. The third kappa shape index (κ3) is 8.77. The van der Waals surface area contributed by atoms with E-state index in [1.54, 1.807) is 0 Å². The van der Waals surface area contributed by atoms with Crippen LogP contribution in [-0.4, -0.2) is 125 Å². The van der Waals surface area contributed by atoms with Gasteiger partial charge in [0.05, 0.1) is 13.7 Å². The highest BCUT2D eigenvalue weighted by Gasteiger charge is 2.51. The minimum atomic E-state index is -1.78. The maximum absolute atomic E-state index is 12.3. The van der Waals surface area contributed by atoms with E-state index >= 15 is 0 Å². The van der Waals surface area contributed by atoms with E-state index in [4.69, 9.17) is 18.9 Å². The zero-order valence-corrected chi connectivity index (χ0v) is 20.3. The normalized spacial score (nSPS) is 37.1. The van der Waals surface area contributed by atoms with Gasteiger partial charge in [0.25, 0.3) is 0 Å².